The number of carbonyl (C=O) groups is 1. The number of methoxy groups -OCH3 is 2. The molecule has 30 heavy (non-hydrogen) atoms. The summed E-state index contributed by atoms with van der Waals surface area (Å²) in [6, 6.07) is 15.4. The number of thiocarbonyl (C=S) groups is 1. The van der Waals surface area contributed by atoms with Crippen LogP contribution in [0.1, 0.15) is 17.2 Å². The van der Waals surface area contributed by atoms with Crippen molar-refractivity contribution < 1.29 is 18.7 Å². The first-order chi connectivity index (χ1) is 14.5. The minimum atomic E-state index is -0.627. The van der Waals surface area contributed by atoms with Gasteiger partial charge in [-0.25, -0.2) is 9.59 Å². The monoisotopic (exact) mass is 422 g/mol. The van der Waals surface area contributed by atoms with Gasteiger partial charge in [-0.1, -0.05) is 30.3 Å². The Kier molecular flexibility index (Phi) is 5.24. The van der Waals surface area contributed by atoms with E-state index in [0.29, 0.717) is 11.3 Å². The van der Waals surface area contributed by atoms with Crippen molar-refractivity contribution in [2.45, 2.75) is 6.04 Å². The third kappa shape index (κ3) is 3.53. The van der Waals surface area contributed by atoms with E-state index in [1.807, 2.05) is 24.3 Å². The second kappa shape index (κ2) is 8.00. The Morgan fingerprint density at radius 1 is 1.10 bits per heavy atom. The molecule has 2 heterocycles. The maximum atomic E-state index is 12.8. The van der Waals surface area contributed by atoms with Gasteiger partial charge in [0, 0.05) is 5.39 Å². The Labute approximate surface area is 177 Å². The highest BCUT2D eigenvalue weighted by atomic mass is 32.1. The summed E-state index contributed by atoms with van der Waals surface area (Å²) in [7, 11) is 2.86. The van der Waals surface area contributed by atoms with E-state index in [1.165, 1.54) is 7.11 Å². The average molecular weight is 422 g/mol. The summed E-state index contributed by atoms with van der Waals surface area (Å²) in [5.41, 5.74) is 1.29. The number of fused-ring (bicyclic) bond motifs is 1. The lowest BCUT2D eigenvalue weighted by Crippen LogP contribution is -2.45. The zero-order valence-corrected chi connectivity index (χ0v) is 17.0. The molecule has 0 amide bonds. The summed E-state index contributed by atoms with van der Waals surface area (Å²) < 4.78 is 15.7. The highest BCUT2D eigenvalue weighted by molar-refractivity contribution is 7.80. The molecule has 0 saturated carbocycles. The molecule has 1 atom stereocenters. The van der Waals surface area contributed by atoms with Crippen LogP contribution in [0.25, 0.3) is 16.7 Å². The molecule has 0 unspecified atom stereocenters. The fraction of sp³-hybridized carbons (Fsp3) is 0.136. The summed E-state index contributed by atoms with van der Waals surface area (Å²) in [6.07, 6.45) is 0. The minimum absolute atomic E-state index is 0.191. The van der Waals surface area contributed by atoms with E-state index in [4.69, 9.17) is 26.1 Å². The van der Waals surface area contributed by atoms with Crippen LogP contribution in [-0.2, 0) is 9.53 Å². The van der Waals surface area contributed by atoms with Gasteiger partial charge >= 0.3 is 11.6 Å². The normalized spacial score (nSPS) is 16.1. The maximum Gasteiger partial charge on any atom is 0.345 e. The number of carbonyl (C=O) groups excluding carboxylic acids is 1. The van der Waals surface area contributed by atoms with Crippen molar-refractivity contribution in [3.05, 3.63) is 81.7 Å². The molecular weight excluding hydrogens is 404 g/mol. The zero-order chi connectivity index (χ0) is 21.3. The smallest absolute Gasteiger partial charge is 0.345 e. The Morgan fingerprint density at radius 2 is 1.83 bits per heavy atom. The van der Waals surface area contributed by atoms with E-state index in [2.05, 4.69) is 10.6 Å². The van der Waals surface area contributed by atoms with Crippen LogP contribution in [-0.4, -0.2) is 25.3 Å². The largest absolute Gasteiger partial charge is 0.497 e. The van der Waals surface area contributed by atoms with Gasteiger partial charge in [-0.3, -0.25) is 0 Å². The van der Waals surface area contributed by atoms with Gasteiger partial charge in [-0.05, 0) is 42.0 Å². The molecule has 0 radical (unpaired) electrons. The van der Waals surface area contributed by atoms with Gasteiger partial charge in [0.1, 0.15) is 11.3 Å². The lowest BCUT2D eigenvalue weighted by Gasteiger charge is -2.30. The Hall–Kier alpha value is -3.65. The van der Waals surface area contributed by atoms with Gasteiger partial charge in [-0.2, -0.15) is 0 Å². The number of nitrogens with one attached hydrogen (secondary N) is 2. The topological polar surface area (TPSA) is 89.8 Å². The quantitative estimate of drug-likeness (QED) is 0.377. The first kappa shape index (κ1) is 19.7. The Morgan fingerprint density at radius 3 is 2.53 bits per heavy atom. The highest BCUT2D eigenvalue weighted by Gasteiger charge is 2.34. The fourth-order valence-electron chi connectivity index (χ4n) is 3.39. The predicted molar refractivity (Wildman–Crippen MR) is 116 cm³/mol. The number of ether oxygens (including phenoxy) is 2. The molecule has 0 fully saturated rings. The third-order valence-corrected chi connectivity index (χ3v) is 5.06. The van der Waals surface area contributed by atoms with Crippen molar-refractivity contribution in [3.63, 3.8) is 0 Å². The highest BCUT2D eigenvalue weighted by Crippen LogP contribution is 2.32. The van der Waals surface area contributed by atoms with Crippen LogP contribution in [0.15, 0.2) is 69.4 Å². The van der Waals surface area contributed by atoms with Gasteiger partial charge in [0.25, 0.3) is 0 Å². The molecule has 1 aliphatic heterocycles. The molecule has 4 rings (SSSR count). The van der Waals surface area contributed by atoms with Crippen molar-refractivity contribution in [2.75, 3.05) is 14.2 Å². The van der Waals surface area contributed by atoms with Crippen LogP contribution >= 0.6 is 12.2 Å². The number of hydrogen-bond acceptors (Lipinski definition) is 6. The van der Waals surface area contributed by atoms with E-state index in [0.717, 1.165) is 10.9 Å². The van der Waals surface area contributed by atoms with Crippen molar-refractivity contribution in [1.29, 1.82) is 0 Å². The SMILES string of the molecule is COC(=O)C1=C(c2cc3ccccc3oc2=O)NC(=S)N[C@@H]1c1ccc(OC)cc1. The molecule has 1 aromatic heterocycles. The number of rotatable bonds is 4. The van der Waals surface area contributed by atoms with Crippen LogP contribution in [0, 0.1) is 0 Å². The molecule has 0 spiro atoms. The summed E-state index contributed by atoms with van der Waals surface area (Å²) in [5, 5.41) is 7.01. The first-order valence-corrected chi connectivity index (χ1v) is 9.50. The molecule has 1 aliphatic rings. The summed E-state index contributed by atoms with van der Waals surface area (Å²) in [5.74, 6) is 0.0788. The van der Waals surface area contributed by atoms with Crippen molar-refractivity contribution in [3.8, 4) is 5.75 Å². The van der Waals surface area contributed by atoms with Crippen molar-refractivity contribution in [1.82, 2.24) is 10.6 Å². The molecule has 0 aliphatic carbocycles. The fourth-order valence-corrected chi connectivity index (χ4v) is 3.61. The van der Waals surface area contributed by atoms with E-state index in [9.17, 15) is 9.59 Å². The van der Waals surface area contributed by atoms with Crippen molar-refractivity contribution >= 4 is 40.0 Å². The van der Waals surface area contributed by atoms with Crippen molar-refractivity contribution in [2.24, 2.45) is 0 Å². The van der Waals surface area contributed by atoms with Gasteiger partial charge in [-0.15, -0.1) is 0 Å². The summed E-state index contributed by atoms with van der Waals surface area (Å²) in [6.45, 7) is 0. The molecule has 0 saturated heterocycles. The number of hydrogen-bond donors (Lipinski definition) is 2. The van der Waals surface area contributed by atoms with Gasteiger partial charge in [0.15, 0.2) is 5.11 Å². The molecule has 8 heteroatoms. The Balaban J connectivity index is 1.94. The first-order valence-electron chi connectivity index (χ1n) is 9.09. The molecule has 2 N–H and O–H groups in total. The molecule has 7 nitrogen and oxygen atoms in total. The molecule has 0 bridgehead atoms. The maximum absolute atomic E-state index is 12.8. The van der Waals surface area contributed by atoms with E-state index >= 15 is 0 Å². The molecule has 152 valence electrons. The second-order valence-corrected chi connectivity index (χ2v) is 6.98. The van der Waals surface area contributed by atoms with Crippen LogP contribution in [0.5, 0.6) is 5.75 Å². The number of benzene rings is 2. The molecule has 3 aromatic rings. The zero-order valence-electron chi connectivity index (χ0n) is 16.2. The van der Waals surface area contributed by atoms with E-state index < -0.39 is 17.6 Å². The average Bonchev–Trinajstić information content (AvgIpc) is 2.77. The summed E-state index contributed by atoms with van der Waals surface area (Å²) in [4.78, 5) is 25.5. The van der Waals surface area contributed by atoms with E-state index in [1.54, 1.807) is 37.4 Å². The lowest BCUT2D eigenvalue weighted by molar-refractivity contribution is -0.136. The van der Waals surface area contributed by atoms with Crippen LogP contribution in [0.3, 0.4) is 0 Å². The third-order valence-electron chi connectivity index (χ3n) is 4.84. The lowest BCUT2D eigenvalue weighted by atomic mass is 9.93. The minimum Gasteiger partial charge on any atom is -0.497 e. The number of esters is 1. The van der Waals surface area contributed by atoms with Gasteiger partial charge in [0.2, 0.25) is 0 Å². The predicted octanol–water partition coefficient (Wildman–Crippen LogP) is 2.90. The van der Waals surface area contributed by atoms with E-state index in [-0.39, 0.29) is 21.9 Å². The van der Waals surface area contributed by atoms with Crippen LogP contribution in [0.2, 0.25) is 0 Å². The van der Waals surface area contributed by atoms with Crippen LogP contribution in [0.4, 0.5) is 0 Å². The molecular formula is C22H18N2O5S. The number of para-hydroxylation sites is 1. The summed E-state index contributed by atoms with van der Waals surface area (Å²) >= 11 is 5.36. The van der Waals surface area contributed by atoms with Gasteiger partial charge < -0.3 is 24.5 Å². The Bertz CT molecular complexity index is 1230. The van der Waals surface area contributed by atoms with Gasteiger partial charge in [0.05, 0.1) is 37.1 Å². The second-order valence-electron chi connectivity index (χ2n) is 6.57. The van der Waals surface area contributed by atoms with Crippen LogP contribution < -0.4 is 21.0 Å². The molecule has 2 aromatic carbocycles. The standard InChI is InChI=1S/C22H18N2O5S/c1-27-14-9-7-12(8-10-14)18-17(21(26)28-2)19(24-22(30)23-18)15-11-13-5-3-4-6-16(13)29-20(15)25/h3-11,18H,1-2H3,(H2,23,24,30)/t18-/m1/s1.